The zero-order valence-corrected chi connectivity index (χ0v) is 24.4. The summed E-state index contributed by atoms with van der Waals surface area (Å²) >= 11 is 0. The average Bonchev–Trinajstić information content (AvgIpc) is 3.41. The number of unbranched alkanes of at least 4 members (excludes halogenated alkanes) is 2. The molecule has 7 nitrogen and oxygen atoms in total. The Morgan fingerprint density at radius 1 is 1.00 bits per heavy atom. The Balaban J connectivity index is 1.28. The summed E-state index contributed by atoms with van der Waals surface area (Å²) < 4.78 is 43.9. The molecular weight excluding hydrogens is 553 g/mol. The van der Waals surface area contributed by atoms with Crippen LogP contribution < -0.4 is 5.32 Å². The number of piperazine rings is 1. The number of carbonyl (C=O) groups excluding carboxylic acids is 1. The molecule has 1 saturated heterocycles. The first-order chi connectivity index (χ1) is 20.7. The molecule has 0 saturated carbocycles. The largest absolute Gasteiger partial charge is 0.416 e. The van der Waals surface area contributed by atoms with E-state index >= 15 is 0 Å². The van der Waals surface area contributed by atoms with Gasteiger partial charge < -0.3 is 10.2 Å². The number of amides is 1. The molecule has 1 amide bonds. The fraction of sp³-hybridized carbons (Fsp3) is 0.364. The predicted molar refractivity (Wildman–Crippen MR) is 161 cm³/mol. The standard InChI is InChI=1S/C33H35F3N6O/c1-3-4-5-15-40-16-18-41(19-17-40)23-27-10-12-28(21-30(27)33(34,35)36)39-32(43)26-9-8-24(2)25(20-26)11-13-29-22-37-31-7-6-14-38-42(29)31/h6-10,12,14,20-22H,3-5,15-19,23H2,1-2H3,(H,39,43). The molecule has 0 spiro atoms. The Morgan fingerprint density at radius 2 is 1.79 bits per heavy atom. The van der Waals surface area contributed by atoms with Crippen molar-refractivity contribution in [1.82, 2.24) is 24.4 Å². The number of halogens is 3. The molecular formula is C33H35F3N6O. The predicted octanol–water partition coefficient (Wildman–Crippen LogP) is 6.02. The summed E-state index contributed by atoms with van der Waals surface area (Å²) in [7, 11) is 0. The number of hydrogen-bond acceptors (Lipinski definition) is 5. The fourth-order valence-corrected chi connectivity index (χ4v) is 5.20. The van der Waals surface area contributed by atoms with Crippen LogP contribution in [0.5, 0.6) is 0 Å². The number of fused-ring (bicyclic) bond motifs is 1. The second-order valence-electron chi connectivity index (χ2n) is 10.9. The van der Waals surface area contributed by atoms with Crippen molar-refractivity contribution >= 4 is 17.2 Å². The van der Waals surface area contributed by atoms with Crippen LogP contribution in [0.2, 0.25) is 0 Å². The Bertz CT molecular complexity index is 1640. The van der Waals surface area contributed by atoms with Gasteiger partial charge in [-0.05, 0) is 73.3 Å². The molecule has 224 valence electrons. The van der Waals surface area contributed by atoms with Gasteiger partial charge in [0.2, 0.25) is 0 Å². The third kappa shape index (κ3) is 7.61. The van der Waals surface area contributed by atoms with E-state index in [0.717, 1.165) is 50.8 Å². The van der Waals surface area contributed by atoms with Crippen LogP contribution in [-0.2, 0) is 12.7 Å². The summed E-state index contributed by atoms with van der Waals surface area (Å²) in [5.74, 6) is 5.60. The lowest BCUT2D eigenvalue weighted by atomic mass is 10.0. The van der Waals surface area contributed by atoms with E-state index in [9.17, 15) is 18.0 Å². The average molecular weight is 589 g/mol. The molecule has 5 rings (SSSR count). The van der Waals surface area contributed by atoms with Gasteiger partial charge >= 0.3 is 6.18 Å². The van der Waals surface area contributed by atoms with E-state index in [2.05, 4.69) is 44.0 Å². The minimum absolute atomic E-state index is 0.0897. The van der Waals surface area contributed by atoms with Gasteiger partial charge in [-0.3, -0.25) is 9.69 Å². The number of nitrogens with one attached hydrogen (secondary N) is 1. The number of anilines is 1. The van der Waals surface area contributed by atoms with Gasteiger partial charge in [0.15, 0.2) is 5.65 Å². The highest BCUT2D eigenvalue weighted by atomic mass is 19.4. The summed E-state index contributed by atoms with van der Waals surface area (Å²) in [6.07, 6.45) is 2.23. The maximum Gasteiger partial charge on any atom is 0.416 e. The minimum Gasteiger partial charge on any atom is -0.322 e. The van der Waals surface area contributed by atoms with E-state index in [0.29, 0.717) is 22.5 Å². The Kier molecular flexibility index (Phi) is 9.43. The van der Waals surface area contributed by atoms with Crippen molar-refractivity contribution in [3.63, 3.8) is 0 Å². The first kappa shape index (κ1) is 30.3. The summed E-state index contributed by atoms with van der Waals surface area (Å²) in [6.45, 7) is 8.48. The highest BCUT2D eigenvalue weighted by Crippen LogP contribution is 2.35. The third-order valence-corrected chi connectivity index (χ3v) is 7.71. The lowest BCUT2D eigenvalue weighted by Crippen LogP contribution is -2.46. The molecule has 0 atom stereocenters. The van der Waals surface area contributed by atoms with Crippen LogP contribution in [0.25, 0.3) is 5.65 Å². The second kappa shape index (κ2) is 13.4. The highest BCUT2D eigenvalue weighted by molar-refractivity contribution is 6.04. The van der Waals surface area contributed by atoms with Crippen LogP contribution in [0.3, 0.4) is 0 Å². The SMILES string of the molecule is CCCCCN1CCN(Cc2ccc(NC(=O)c3ccc(C)c(C#Cc4cnc5cccnn45)c3)cc2C(F)(F)F)CC1. The van der Waals surface area contributed by atoms with Gasteiger partial charge in [0.05, 0.1) is 11.8 Å². The lowest BCUT2D eigenvalue weighted by Gasteiger charge is -2.35. The molecule has 0 unspecified atom stereocenters. The number of alkyl halides is 3. The number of imidazole rings is 1. The minimum atomic E-state index is -4.54. The van der Waals surface area contributed by atoms with Gasteiger partial charge in [-0.15, -0.1) is 0 Å². The van der Waals surface area contributed by atoms with Crippen molar-refractivity contribution in [3.8, 4) is 11.8 Å². The summed E-state index contributed by atoms with van der Waals surface area (Å²) in [5.41, 5.74) is 2.60. The molecule has 1 N–H and O–H groups in total. The van der Waals surface area contributed by atoms with Crippen molar-refractivity contribution in [2.45, 2.75) is 45.8 Å². The number of aromatic nitrogens is 3. The molecule has 2 aromatic carbocycles. The van der Waals surface area contributed by atoms with Crippen LogP contribution in [0.4, 0.5) is 18.9 Å². The molecule has 2 aromatic heterocycles. The molecule has 0 aliphatic carbocycles. The van der Waals surface area contributed by atoms with E-state index in [4.69, 9.17) is 0 Å². The van der Waals surface area contributed by atoms with Crippen molar-refractivity contribution in [2.75, 3.05) is 38.0 Å². The molecule has 1 aliphatic heterocycles. The maximum atomic E-state index is 14.1. The van der Waals surface area contributed by atoms with Crippen molar-refractivity contribution in [2.24, 2.45) is 0 Å². The van der Waals surface area contributed by atoms with E-state index < -0.39 is 17.6 Å². The van der Waals surface area contributed by atoms with Crippen LogP contribution >= 0.6 is 0 Å². The van der Waals surface area contributed by atoms with Gasteiger partial charge in [0.25, 0.3) is 5.91 Å². The zero-order chi connectivity index (χ0) is 30.4. The number of nitrogens with zero attached hydrogens (tertiary/aromatic N) is 5. The van der Waals surface area contributed by atoms with E-state index in [1.54, 1.807) is 41.2 Å². The molecule has 0 radical (unpaired) electrons. The van der Waals surface area contributed by atoms with Gasteiger partial charge in [-0.2, -0.15) is 18.3 Å². The number of benzene rings is 2. The van der Waals surface area contributed by atoms with Gasteiger partial charge in [0, 0.05) is 55.7 Å². The van der Waals surface area contributed by atoms with Crippen LogP contribution in [0, 0.1) is 18.8 Å². The highest BCUT2D eigenvalue weighted by Gasteiger charge is 2.34. The summed E-state index contributed by atoms with van der Waals surface area (Å²) in [4.78, 5) is 21.8. The van der Waals surface area contributed by atoms with E-state index in [1.807, 2.05) is 13.0 Å². The normalized spacial score (nSPS) is 14.4. The van der Waals surface area contributed by atoms with E-state index in [-0.39, 0.29) is 17.8 Å². The first-order valence-electron chi connectivity index (χ1n) is 14.6. The number of aryl methyl sites for hydroxylation is 1. The zero-order valence-electron chi connectivity index (χ0n) is 24.4. The van der Waals surface area contributed by atoms with Gasteiger partial charge in [0.1, 0.15) is 5.69 Å². The van der Waals surface area contributed by atoms with Crippen molar-refractivity contribution in [3.05, 3.63) is 94.4 Å². The number of carbonyl (C=O) groups is 1. The molecule has 1 fully saturated rings. The third-order valence-electron chi connectivity index (χ3n) is 7.71. The number of hydrogen-bond donors (Lipinski definition) is 1. The molecule has 43 heavy (non-hydrogen) atoms. The quantitative estimate of drug-likeness (QED) is 0.202. The fourth-order valence-electron chi connectivity index (χ4n) is 5.20. The van der Waals surface area contributed by atoms with Crippen molar-refractivity contribution < 1.29 is 18.0 Å². The van der Waals surface area contributed by atoms with E-state index in [1.165, 1.54) is 25.0 Å². The van der Waals surface area contributed by atoms with Crippen molar-refractivity contribution in [1.29, 1.82) is 0 Å². The monoisotopic (exact) mass is 588 g/mol. The summed E-state index contributed by atoms with van der Waals surface area (Å²) in [6, 6.07) is 12.7. The molecule has 4 aromatic rings. The van der Waals surface area contributed by atoms with Crippen LogP contribution in [-0.4, -0.2) is 63.0 Å². The van der Waals surface area contributed by atoms with Crippen LogP contribution in [0.15, 0.2) is 60.9 Å². The number of rotatable bonds is 8. The Hall–Kier alpha value is -4.20. The molecule has 1 aliphatic rings. The Labute approximate surface area is 249 Å². The first-order valence-corrected chi connectivity index (χ1v) is 14.6. The van der Waals surface area contributed by atoms with Gasteiger partial charge in [-0.1, -0.05) is 37.8 Å². The second-order valence-corrected chi connectivity index (χ2v) is 10.9. The molecule has 10 heteroatoms. The topological polar surface area (TPSA) is 65.8 Å². The summed E-state index contributed by atoms with van der Waals surface area (Å²) in [5, 5.41) is 6.89. The smallest absolute Gasteiger partial charge is 0.322 e. The Morgan fingerprint density at radius 3 is 2.56 bits per heavy atom. The van der Waals surface area contributed by atoms with Gasteiger partial charge in [-0.25, -0.2) is 9.50 Å². The van der Waals surface area contributed by atoms with Crippen LogP contribution in [0.1, 0.15) is 64.5 Å². The molecule has 0 bridgehead atoms. The molecule has 3 heterocycles. The lowest BCUT2D eigenvalue weighted by molar-refractivity contribution is -0.138. The maximum absolute atomic E-state index is 14.1.